The fourth-order valence-corrected chi connectivity index (χ4v) is 4.51. The van der Waals surface area contributed by atoms with E-state index in [1.165, 1.54) is 7.11 Å². The molecule has 7 nitrogen and oxygen atoms in total. The molecule has 0 unspecified atom stereocenters. The summed E-state index contributed by atoms with van der Waals surface area (Å²) in [7, 11) is 1.48. The minimum Gasteiger partial charge on any atom is -0.493 e. The van der Waals surface area contributed by atoms with Crippen molar-refractivity contribution in [2.24, 2.45) is 0 Å². The molecule has 3 amide bonds. The number of nitrogens with zero attached hydrogens (tertiary/aromatic N) is 1. The van der Waals surface area contributed by atoms with Gasteiger partial charge in [-0.1, -0.05) is 5.92 Å². The molecular weight excluding hydrogens is 611 g/mol. The third kappa shape index (κ3) is 5.85. The van der Waals surface area contributed by atoms with Crippen LogP contribution in [0.15, 0.2) is 45.8 Å². The predicted molar refractivity (Wildman–Crippen MR) is 135 cm³/mol. The third-order valence-corrected chi connectivity index (χ3v) is 6.37. The fourth-order valence-electron chi connectivity index (χ4n) is 2.74. The van der Waals surface area contributed by atoms with E-state index < -0.39 is 17.1 Å². The number of hydrogen-bond donors (Lipinski definition) is 1. The molecule has 0 radical (unpaired) electrons. The van der Waals surface area contributed by atoms with Crippen LogP contribution in [0.4, 0.5) is 10.5 Å². The smallest absolute Gasteiger partial charge is 0.294 e. The van der Waals surface area contributed by atoms with E-state index in [0.717, 1.165) is 20.2 Å². The Hall–Kier alpha value is -2.49. The summed E-state index contributed by atoms with van der Waals surface area (Å²) in [6, 6.07) is 10.5. The maximum Gasteiger partial charge on any atom is 0.294 e. The van der Waals surface area contributed by atoms with E-state index in [2.05, 4.69) is 49.8 Å². The lowest BCUT2D eigenvalue weighted by Crippen LogP contribution is -2.36. The van der Waals surface area contributed by atoms with Gasteiger partial charge < -0.3 is 14.8 Å². The molecule has 10 heteroatoms. The number of thioether (sulfide) groups is 1. The number of carbonyl (C=O) groups is 3. The normalized spacial score (nSPS) is 14.4. The van der Waals surface area contributed by atoms with Gasteiger partial charge in [0.1, 0.15) is 13.2 Å². The highest BCUT2D eigenvalue weighted by Gasteiger charge is 2.36. The molecule has 1 fully saturated rings. The van der Waals surface area contributed by atoms with Crippen molar-refractivity contribution in [2.45, 2.75) is 0 Å². The summed E-state index contributed by atoms with van der Waals surface area (Å²) in [5, 5.41) is 2.16. The lowest BCUT2D eigenvalue weighted by atomic mass is 10.2. The van der Waals surface area contributed by atoms with E-state index in [1.54, 1.807) is 30.3 Å². The van der Waals surface area contributed by atoms with Crippen LogP contribution < -0.4 is 14.8 Å². The van der Waals surface area contributed by atoms with E-state index >= 15 is 0 Å². The fraction of sp³-hybridized carbons (Fsp3) is 0.136. The number of halogens is 2. The van der Waals surface area contributed by atoms with E-state index in [1.807, 2.05) is 12.1 Å². The molecule has 0 bridgehead atoms. The minimum absolute atomic E-state index is 0.0669. The van der Waals surface area contributed by atoms with Crippen LogP contribution in [0.25, 0.3) is 6.08 Å². The van der Waals surface area contributed by atoms with E-state index in [0.29, 0.717) is 27.2 Å². The molecule has 3 rings (SSSR count). The second-order valence-corrected chi connectivity index (χ2v) is 9.44. The Morgan fingerprint density at radius 2 is 2.03 bits per heavy atom. The predicted octanol–water partition coefficient (Wildman–Crippen LogP) is 4.75. The number of amides is 3. The van der Waals surface area contributed by atoms with Crippen molar-refractivity contribution in [3.05, 3.63) is 54.9 Å². The molecule has 2 aromatic carbocycles. The quantitative estimate of drug-likeness (QED) is 0.271. The maximum absolute atomic E-state index is 12.7. The summed E-state index contributed by atoms with van der Waals surface area (Å²) < 4.78 is 12.4. The zero-order chi connectivity index (χ0) is 23.3. The lowest BCUT2D eigenvalue weighted by molar-refractivity contribution is -0.127. The Labute approximate surface area is 211 Å². The number of hydrogen-bond acceptors (Lipinski definition) is 6. The van der Waals surface area contributed by atoms with Gasteiger partial charge in [-0.15, -0.1) is 6.42 Å². The largest absolute Gasteiger partial charge is 0.493 e. The Bertz CT molecular complexity index is 1140. The van der Waals surface area contributed by atoms with Gasteiger partial charge in [0, 0.05) is 9.26 Å². The molecule has 164 valence electrons. The van der Waals surface area contributed by atoms with Crippen LogP contribution in [0.5, 0.6) is 11.5 Å². The molecule has 2 aromatic rings. The van der Waals surface area contributed by atoms with Gasteiger partial charge >= 0.3 is 0 Å². The molecule has 1 aliphatic heterocycles. The summed E-state index contributed by atoms with van der Waals surface area (Å²) >= 11 is 6.32. The van der Waals surface area contributed by atoms with Crippen LogP contribution in [0.3, 0.4) is 0 Å². The van der Waals surface area contributed by atoms with Crippen molar-refractivity contribution >= 4 is 79.1 Å². The van der Waals surface area contributed by atoms with Gasteiger partial charge in [-0.3, -0.25) is 19.3 Å². The molecular formula is C22H16BrIN2O5S. The van der Waals surface area contributed by atoms with Crippen LogP contribution in [-0.2, 0) is 9.59 Å². The topological polar surface area (TPSA) is 84.9 Å². The van der Waals surface area contributed by atoms with Crippen molar-refractivity contribution in [2.75, 3.05) is 25.6 Å². The first-order chi connectivity index (χ1) is 15.3. The van der Waals surface area contributed by atoms with Gasteiger partial charge in [0.05, 0.1) is 16.5 Å². The van der Waals surface area contributed by atoms with E-state index in [4.69, 9.17) is 15.9 Å². The third-order valence-electron chi connectivity index (χ3n) is 4.15. The molecule has 1 heterocycles. The first-order valence-electron chi connectivity index (χ1n) is 9.07. The molecule has 0 atom stereocenters. The standard InChI is InChI=1S/C22H16BrIN2O5S/c1-3-8-31-20-16(23)9-13(10-17(20)30-2)11-18-21(28)26(22(29)32-18)12-19(27)25-15-6-4-14(24)5-7-15/h1,4-7,9-11H,8,12H2,2H3,(H,25,27)/b18-11-. The van der Waals surface area contributed by atoms with Crippen molar-refractivity contribution in [1.82, 2.24) is 4.90 Å². The van der Waals surface area contributed by atoms with Crippen LogP contribution in [0.2, 0.25) is 0 Å². The first kappa shape index (κ1) is 24.2. The summed E-state index contributed by atoms with van der Waals surface area (Å²) in [5.41, 5.74) is 1.19. The molecule has 0 aliphatic carbocycles. The Balaban J connectivity index is 1.75. The number of methoxy groups -OCH3 is 1. The average molecular weight is 627 g/mol. The monoisotopic (exact) mass is 626 g/mol. The summed E-state index contributed by atoms with van der Waals surface area (Å²) in [6.07, 6.45) is 6.79. The molecule has 1 N–H and O–H groups in total. The minimum atomic E-state index is -0.541. The van der Waals surface area contributed by atoms with E-state index in [9.17, 15) is 14.4 Å². The Kier molecular flexibility index (Phi) is 8.22. The summed E-state index contributed by atoms with van der Waals surface area (Å²) in [5.74, 6) is 2.22. The maximum atomic E-state index is 12.7. The zero-order valence-electron chi connectivity index (χ0n) is 16.7. The van der Waals surface area contributed by atoms with Gasteiger partial charge in [-0.2, -0.15) is 0 Å². The highest BCUT2D eigenvalue weighted by Crippen LogP contribution is 2.39. The highest BCUT2D eigenvalue weighted by molar-refractivity contribution is 14.1. The van der Waals surface area contributed by atoms with Crippen LogP contribution in [0.1, 0.15) is 5.56 Å². The second-order valence-electron chi connectivity index (χ2n) is 6.35. The van der Waals surface area contributed by atoms with Gasteiger partial charge in [-0.25, -0.2) is 0 Å². The first-order valence-corrected chi connectivity index (χ1v) is 11.8. The number of rotatable bonds is 7. The number of imide groups is 1. The average Bonchev–Trinajstić information content (AvgIpc) is 3.01. The summed E-state index contributed by atoms with van der Waals surface area (Å²) in [4.78, 5) is 38.5. The SMILES string of the molecule is C#CCOc1c(Br)cc(/C=C2\SC(=O)N(CC(=O)Nc3ccc(I)cc3)C2=O)cc1OC. The van der Waals surface area contributed by atoms with Gasteiger partial charge in [0.25, 0.3) is 11.1 Å². The molecule has 1 aliphatic rings. The summed E-state index contributed by atoms with van der Waals surface area (Å²) in [6.45, 7) is -0.308. The molecule has 0 aromatic heterocycles. The number of anilines is 1. The number of ether oxygens (including phenoxy) is 2. The molecule has 32 heavy (non-hydrogen) atoms. The number of terminal acetylenes is 1. The number of nitrogens with one attached hydrogen (secondary N) is 1. The van der Waals surface area contributed by atoms with Crippen molar-refractivity contribution in [1.29, 1.82) is 0 Å². The van der Waals surface area contributed by atoms with Crippen molar-refractivity contribution < 1.29 is 23.9 Å². The Morgan fingerprint density at radius 1 is 1.31 bits per heavy atom. The molecule has 0 spiro atoms. The number of carbonyl (C=O) groups excluding carboxylic acids is 3. The van der Waals surface area contributed by atoms with Gasteiger partial charge in [-0.05, 0) is 98.3 Å². The zero-order valence-corrected chi connectivity index (χ0v) is 21.2. The van der Waals surface area contributed by atoms with Crippen LogP contribution >= 0.6 is 50.3 Å². The van der Waals surface area contributed by atoms with Crippen LogP contribution in [0, 0.1) is 15.9 Å². The molecule has 1 saturated heterocycles. The van der Waals surface area contributed by atoms with Gasteiger partial charge in [0.2, 0.25) is 5.91 Å². The van der Waals surface area contributed by atoms with Gasteiger partial charge in [0.15, 0.2) is 11.5 Å². The van der Waals surface area contributed by atoms with Crippen molar-refractivity contribution in [3.63, 3.8) is 0 Å². The lowest BCUT2D eigenvalue weighted by Gasteiger charge is -2.13. The van der Waals surface area contributed by atoms with Crippen LogP contribution in [-0.4, -0.2) is 42.2 Å². The molecule has 0 saturated carbocycles. The Morgan fingerprint density at radius 3 is 2.69 bits per heavy atom. The highest BCUT2D eigenvalue weighted by atomic mass is 127. The van der Waals surface area contributed by atoms with E-state index in [-0.39, 0.29) is 18.1 Å². The van der Waals surface area contributed by atoms with Crippen molar-refractivity contribution in [3.8, 4) is 23.8 Å². The number of benzene rings is 2. The second kappa shape index (κ2) is 10.9.